The van der Waals surface area contributed by atoms with Gasteiger partial charge in [-0.05, 0) is 25.7 Å². The molecule has 0 radical (unpaired) electrons. The van der Waals surface area contributed by atoms with Crippen LogP contribution in [-0.4, -0.2) is 21.5 Å². The first-order valence-electron chi connectivity index (χ1n) is 4.68. The van der Waals surface area contributed by atoms with Crippen LogP contribution in [0.25, 0.3) is 0 Å². The van der Waals surface area contributed by atoms with Crippen LogP contribution in [-0.2, 0) is 4.57 Å². The summed E-state index contributed by atoms with van der Waals surface area (Å²) in [6.07, 6.45) is 5.63. The molecule has 70 valence electrons. The number of aromatic nitrogens is 2. The van der Waals surface area contributed by atoms with Crippen LogP contribution >= 0.6 is 7.14 Å². The van der Waals surface area contributed by atoms with Gasteiger partial charge in [-0.3, -0.25) is 0 Å². The molecule has 4 nitrogen and oxygen atoms in total. The third-order valence-electron chi connectivity index (χ3n) is 2.84. The zero-order valence-electron chi connectivity index (χ0n) is 7.22. The fourth-order valence-electron chi connectivity index (χ4n) is 1.86. The van der Waals surface area contributed by atoms with Gasteiger partial charge in [-0.2, -0.15) is 4.98 Å². The van der Waals surface area contributed by atoms with Gasteiger partial charge in [-0.25, -0.2) is 0 Å². The highest BCUT2D eigenvalue weighted by molar-refractivity contribution is 7.73. The lowest BCUT2D eigenvalue weighted by molar-refractivity contribution is 0.420. The molecule has 3 rings (SSSR count). The van der Waals surface area contributed by atoms with E-state index in [9.17, 15) is 4.57 Å². The van der Waals surface area contributed by atoms with Gasteiger partial charge in [0, 0.05) is 11.3 Å². The Kier molecular flexibility index (Phi) is 1.46. The van der Waals surface area contributed by atoms with Crippen LogP contribution in [0.1, 0.15) is 25.7 Å². The van der Waals surface area contributed by atoms with E-state index < -0.39 is 7.14 Å². The second-order valence-corrected chi connectivity index (χ2v) is 7.18. The Labute approximate surface area is 76.1 Å². The summed E-state index contributed by atoms with van der Waals surface area (Å²) in [7, 11) is -2.26. The minimum absolute atomic E-state index is 0.373. The second kappa shape index (κ2) is 2.44. The predicted molar refractivity (Wildman–Crippen MR) is 47.6 cm³/mol. The number of rotatable bonds is 3. The molecule has 0 saturated heterocycles. The fraction of sp³-hybridized carbons (Fsp3) is 0.750. The van der Waals surface area contributed by atoms with Gasteiger partial charge in [-0.15, -0.1) is 0 Å². The van der Waals surface area contributed by atoms with Gasteiger partial charge >= 0.3 is 0 Å². The first kappa shape index (κ1) is 7.74. The summed E-state index contributed by atoms with van der Waals surface area (Å²) >= 11 is 0. The van der Waals surface area contributed by atoms with Crippen molar-refractivity contribution in [3.05, 3.63) is 6.39 Å². The molecular formula is C8H11N2O2P. The van der Waals surface area contributed by atoms with E-state index in [-0.39, 0.29) is 0 Å². The summed E-state index contributed by atoms with van der Waals surface area (Å²) in [6.45, 7) is 0. The molecule has 2 aliphatic rings. The highest BCUT2D eigenvalue weighted by Crippen LogP contribution is 2.68. The molecule has 2 saturated carbocycles. The summed E-state index contributed by atoms with van der Waals surface area (Å²) in [5.41, 5.74) is 1.24. The van der Waals surface area contributed by atoms with Crippen molar-refractivity contribution in [1.82, 2.24) is 10.1 Å². The maximum absolute atomic E-state index is 12.6. The summed E-state index contributed by atoms with van der Waals surface area (Å²) in [5.74, 6) is 0. The molecule has 0 aromatic carbocycles. The lowest BCUT2D eigenvalue weighted by atomic mass is 10.9. The van der Waals surface area contributed by atoms with E-state index in [2.05, 4.69) is 14.7 Å². The van der Waals surface area contributed by atoms with Gasteiger partial charge < -0.3 is 9.09 Å². The third-order valence-corrected chi connectivity index (χ3v) is 6.87. The topological polar surface area (TPSA) is 56.0 Å². The van der Waals surface area contributed by atoms with Crippen molar-refractivity contribution in [2.45, 2.75) is 37.0 Å². The van der Waals surface area contributed by atoms with Crippen molar-refractivity contribution in [3.63, 3.8) is 0 Å². The van der Waals surface area contributed by atoms with E-state index in [4.69, 9.17) is 0 Å². The largest absolute Gasteiger partial charge is 0.342 e. The monoisotopic (exact) mass is 198 g/mol. The SMILES string of the molecule is O=P(c1ncon1)(C1CC1)C1CC1. The van der Waals surface area contributed by atoms with Crippen molar-refractivity contribution < 1.29 is 9.09 Å². The molecule has 2 aliphatic carbocycles. The zero-order valence-corrected chi connectivity index (χ0v) is 8.11. The van der Waals surface area contributed by atoms with Crippen LogP contribution in [0.3, 0.4) is 0 Å². The zero-order chi connectivity index (χ0) is 8.89. The molecule has 5 heteroatoms. The maximum Gasteiger partial charge on any atom is 0.231 e. The van der Waals surface area contributed by atoms with Crippen molar-refractivity contribution in [3.8, 4) is 0 Å². The molecule has 0 bridgehead atoms. The quantitative estimate of drug-likeness (QED) is 0.688. The molecule has 2 fully saturated rings. The van der Waals surface area contributed by atoms with Crippen molar-refractivity contribution in [2.75, 3.05) is 0 Å². The Bertz CT molecular complexity index is 338. The average Bonchev–Trinajstić information content (AvgIpc) is 3.01. The summed E-state index contributed by atoms with van der Waals surface area (Å²) < 4.78 is 17.3. The first-order valence-corrected chi connectivity index (χ1v) is 6.52. The van der Waals surface area contributed by atoms with Crippen molar-refractivity contribution in [1.29, 1.82) is 0 Å². The Morgan fingerprint density at radius 3 is 2.31 bits per heavy atom. The number of nitrogens with zero attached hydrogens (tertiary/aromatic N) is 2. The van der Waals surface area contributed by atoms with Crippen LogP contribution in [0.5, 0.6) is 0 Å². The van der Waals surface area contributed by atoms with Gasteiger partial charge in [0.1, 0.15) is 0 Å². The van der Waals surface area contributed by atoms with E-state index in [1.165, 1.54) is 6.39 Å². The Morgan fingerprint density at radius 1 is 1.31 bits per heavy atom. The van der Waals surface area contributed by atoms with Gasteiger partial charge in [0.25, 0.3) is 0 Å². The summed E-state index contributed by atoms with van der Waals surface area (Å²) in [6, 6.07) is 0. The number of hydrogen-bond donors (Lipinski definition) is 0. The lowest BCUT2D eigenvalue weighted by Gasteiger charge is -2.11. The smallest absolute Gasteiger partial charge is 0.231 e. The molecule has 0 aliphatic heterocycles. The predicted octanol–water partition coefficient (Wildman–Crippen LogP) is 1.38. The number of hydrogen-bond acceptors (Lipinski definition) is 4. The van der Waals surface area contributed by atoms with E-state index in [1.54, 1.807) is 0 Å². The van der Waals surface area contributed by atoms with Gasteiger partial charge in [-0.1, -0.05) is 5.16 Å². The highest BCUT2D eigenvalue weighted by atomic mass is 31.2. The molecule has 0 spiro atoms. The van der Waals surface area contributed by atoms with Crippen LogP contribution in [0, 0.1) is 0 Å². The molecular weight excluding hydrogens is 187 g/mol. The van der Waals surface area contributed by atoms with Crippen LogP contribution in [0.2, 0.25) is 0 Å². The van der Waals surface area contributed by atoms with Crippen molar-refractivity contribution in [2.24, 2.45) is 0 Å². The fourth-order valence-corrected chi connectivity index (χ4v) is 5.34. The van der Waals surface area contributed by atoms with Crippen LogP contribution in [0.4, 0.5) is 0 Å². The average molecular weight is 198 g/mol. The van der Waals surface area contributed by atoms with Crippen LogP contribution in [0.15, 0.2) is 10.9 Å². The molecule has 1 aromatic heterocycles. The van der Waals surface area contributed by atoms with E-state index in [0.717, 1.165) is 25.7 Å². The van der Waals surface area contributed by atoms with Crippen LogP contribution < -0.4 is 5.57 Å². The van der Waals surface area contributed by atoms with Gasteiger partial charge in [0.15, 0.2) is 7.14 Å². The third kappa shape index (κ3) is 1.08. The van der Waals surface area contributed by atoms with Gasteiger partial charge in [0.2, 0.25) is 12.0 Å². The highest BCUT2D eigenvalue weighted by Gasteiger charge is 2.54. The summed E-state index contributed by atoms with van der Waals surface area (Å²) in [5, 5.41) is 3.76. The normalized spacial score (nSPS) is 23.4. The molecule has 0 unspecified atom stereocenters. The van der Waals surface area contributed by atoms with Crippen molar-refractivity contribution >= 4 is 12.7 Å². The molecule has 13 heavy (non-hydrogen) atoms. The molecule has 0 N–H and O–H groups in total. The second-order valence-electron chi connectivity index (χ2n) is 3.90. The maximum atomic E-state index is 12.6. The van der Waals surface area contributed by atoms with Gasteiger partial charge in [0.05, 0.1) is 0 Å². The molecule has 1 aromatic rings. The summed E-state index contributed by atoms with van der Waals surface area (Å²) in [4.78, 5) is 3.97. The molecule has 0 atom stereocenters. The lowest BCUT2D eigenvalue weighted by Crippen LogP contribution is -2.15. The molecule has 0 amide bonds. The minimum atomic E-state index is -2.26. The molecule has 1 heterocycles. The first-order chi connectivity index (χ1) is 6.32. The Balaban J connectivity index is 2.03. The van der Waals surface area contributed by atoms with E-state index in [0.29, 0.717) is 16.9 Å². The van der Waals surface area contributed by atoms with E-state index in [1.807, 2.05) is 0 Å². The Hall–Kier alpha value is -0.630. The standard InChI is InChI=1S/C8H11N2O2P/c11-13(6-1-2-6,7-3-4-7)8-9-5-12-10-8/h5-7H,1-4H2. The Morgan fingerprint density at radius 2 is 1.92 bits per heavy atom. The van der Waals surface area contributed by atoms with E-state index >= 15 is 0 Å². The minimum Gasteiger partial charge on any atom is -0.342 e.